The van der Waals surface area contributed by atoms with Crippen molar-refractivity contribution in [1.29, 1.82) is 0 Å². The van der Waals surface area contributed by atoms with Crippen LogP contribution in [0, 0.1) is 5.92 Å². The number of anilines is 2. The average molecular weight is 321 g/mol. The molecule has 3 heterocycles. The molecule has 2 aromatic heterocycles. The van der Waals surface area contributed by atoms with Crippen LogP contribution in [0.15, 0.2) is 49.1 Å². The summed E-state index contributed by atoms with van der Waals surface area (Å²) in [4.78, 5) is 26.3. The molecular formula is C18H19N5O. The van der Waals surface area contributed by atoms with E-state index in [2.05, 4.69) is 25.2 Å². The minimum atomic E-state index is 0.0415. The van der Waals surface area contributed by atoms with E-state index in [1.807, 2.05) is 30.5 Å². The van der Waals surface area contributed by atoms with Crippen molar-refractivity contribution < 1.29 is 4.79 Å². The molecule has 1 saturated heterocycles. The minimum absolute atomic E-state index is 0.0415. The topological polar surface area (TPSA) is 73.9 Å². The van der Waals surface area contributed by atoms with E-state index in [1.165, 1.54) is 0 Å². The van der Waals surface area contributed by atoms with Gasteiger partial charge in [-0.2, -0.15) is 0 Å². The number of amides is 1. The Morgan fingerprint density at radius 3 is 2.88 bits per heavy atom. The molecule has 0 aliphatic carbocycles. The van der Waals surface area contributed by atoms with Crippen LogP contribution in [0.2, 0.25) is 0 Å². The van der Waals surface area contributed by atoms with E-state index >= 15 is 0 Å². The van der Waals surface area contributed by atoms with E-state index in [4.69, 9.17) is 0 Å². The third-order valence-electron chi connectivity index (χ3n) is 4.56. The van der Waals surface area contributed by atoms with Crippen LogP contribution in [-0.4, -0.2) is 33.9 Å². The fourth-order valence-electron chi connectivity index (χ4n) is 3.20. The molecule has 2 N–H and O–H groups in total. The standard InChI is InChI=1S/C18H19N5O/c24-18(22-15-1-2-16-14(11-15)3-6-20-16)13-4-9-23(10-5-13)17-12-19-7-8-21-17/h1-3,6-8,11-13,20H,4-5,9-10H2,(H,22,24). The summed E-state index contributed by atoms with van der Waals surface area (Å²) in [7, 11) is 0. The number of H-pyrrole nitrogens is 1. The molecule has 1 amide bonds. The first-order valence-electron chi connectivity index (χ1n) is 8.18. The Hall–Kier alpha value is -2.89. The molecule has 4 rings (SSSR count). The van der Waals surface area contributed by atoms with Gasteiger partial charge >= 0.3 is 0 Å². The molecule has 0 spiro atoms. The molecule has 0 saturated carbocycles. The van der Waals surface area contributed by atoms with Gasteiger partial charge in [-0.05, 0) is 37.1 Å². The Morgan fingerprint density at radius 1 is 1.21 bits per heavy atom. The number of carbonyl (C=O) groups excluding carboxylic acids is 1. The molecule has 0 unspecified atom stereocenters. The molecule has 0 bridgehead atoms. The number of aromatic nitrogens is 3. The van der Waals surface area contributed by atoms with E-state index in [9.17, 15) is 4.79 Å². The first kappa shape index (κ1) is 14.7. The molecule has 3 aromatic rings. The maximum atomic E-state index is 12.5. The lowest BCUT2D eigenvalue weighted by atomic mass is 9.96. The molecule has 6 nitrogen and oxygen atoms in total. The monoisotopic (exact) mass is 321 g/mol. The van der Waals surface area contributed by atoms with Gasteiger partial charge in [0.15, 0.2) is 0 Å². The molecule has 1 aliphatic heterocycles. The van der Waals surface area contributed by atoms with E-state index < -0.39 is 0 Å². The fraction of sp³-hybridized carbons (Fsp3) is 0.278. The summed E-state index contributed by atoms with van der Waals surface area (Å²) in [5, 5.41) is 4.15. The minimum Gasteiger partial charge on any atom is -0.361 e. The second kappa shape index (κ2) is 6.31. The number of hydrogen-bond acceptors (Lipinski definition) is 4. The highest BCUT2D eigenvalue weighted by molar-refractivity contribution is 5.95. The summed E-state index contributed by atoms with van der Waals surface area (Å²) in [5.74, 6) is 1.03. The fourth-order valence-corrected chi connectivity index (χ4v) is 3.20. The number of rotatable bonds is 3. The van der Waals surface area contributed by atoms with Gasteiger partial charge in [0, 0.05) is 54.2 Å². The predicted octanol–water partition coefficient (Wildman–Crippen LogP) is 2.81. The Labute approximate surface area is 139 Å². The van der Waals surface area contributed by atoms with Crippen LogP contribution in [-0.2, 0) is 4.79 Å². The number of aromatic amines is 1. The highest BCUT2D eigenvalue weighted by Crippen LogP contribution is 2.23. The molecule has 1 aromatic carbocycles. The number of nitrogens with one attached hydrogen (secondary N) is 2. The predicted molar refractivity (Wildman–Crippen MR) is 93.9 cm³/mol. The second-order valence-electron chi connectivity index (χ2n) is 6.09. The number of piperidine rings is 1. The number of fused-ring (bicyclic) bond motifs is 1. The summed E-state index contributed by atoms with van der Waals surface area (Å²) in [5.41, 5.74) is 1.92. The van der Waals surface area contributed by atoms with Crippen LogP contribution in [0.4, 0.5) is 11.5 Å². The van der Waals surface area contributed by atoms with Gasteiger partial charge in [0.1, 0.15) is 5.82 Å². The van der Waals surface area contributed by atoms with Crippen LogP contribution in [0.3, 0.4) is 0 Å². The quantitative estimate of drug-likeness (QED) is 0.778. The van der Waals surface area contributed by atoms with E-state index in [1.54, 1.807) is 18.6 Å². The van der Waals surface area contributed by atoms with Crippen molar-refractivity contribution in [3.8, 4) is 0 Å². The van der Waals surface area contributed by atoms with Crippen LogP contribution < -0.4 is 10.2 Å². The third kappa shape index (κ3) is 2.95. The zero-order valence-corrected chi connectivity index (χ0v) is 13.3. The highest BCUT2D eigenvalue weighted by Gasteiger charge is 2.25. The van der Waals surface area contributed by atoms with Crippen molar-refractivity contribution in [3.63, 3.8) is 0 Å². The van der Waals surface area contributed by atoms with Crippen LogP contribution in [0.1, 0.15) is 12.8 Å². The number of hydrogen-bond donors (Lipinski definition) is 2. The molecular weight excluding hydrogens is 302 g/mol. The first-order valence-corrected chi connectivity index (χ1v) is 8.18. The Bertz CT molecular complexity index is 837. The van der Waals surface area contributed by atoms with Crippen LogP contribution in [0.25, 0.3) is 10.9 Å². The van der Waals surface area contributed by atoms with Gasteiger partial charge in [0.05, 0.1) is 6.20 Å². The second-order valence-corrected chi connectivity index (χ2v) is 6.09. The SMILES string of the molecule is O=C(Nc1ccc2[nH]ccc2c1)C1CCN(c2cnccn2)CC1. The van der Waals surface area contributed by atoms with Crippen molar-refractivity contribution in [2.75, 3.05) is 23.3 Å². The first-order chi connectivity index (χ1) is 11.8. The smallest absolute Gasteiger partial charge is 0.227 e. The van der Waals surface area contributed by atoms with Gasteiger partial charge in [-0.3, -0.25) is 9.78 Å². The van der Waals surface area contributed by atoms with Gasteiger partial charge in [-0.1, -0.05) is 0 Å². The molecule has 1 fully saturated rings. The maximum absolute atomic E-state index is 12.5. The van der Waals surface area contributed by atoms with E-state index in [-0.39, 0.29) is 11.8 Å². The van der Waals surface area contributed by atoms with Gasteiger partial charge in [-0.25, -0.2) is 4.98 Å². The van der Waals surface area contributed by atoms with Gasteiger partial charge in [0.2, 0.25) is 5.91 Å². The van der Waals surface area contributed by atoms with Crippen molar-refractivity contribution in [1.82, 2.24) is 15.0 Å². The van der Waals surface area contributed by atoms with Gasteiger partial charge < -0.3 is 15.2 Å². The average Bonchev–Trinajstić information content (AvgIpc) is 3.10. The number of benzene rings is 1. The van der Waals surface area contributed by atoms with Crippen molar-refractivity contribution >= 4 is 28.3 Å². The number of nitrogens with zero attached hydrogens (tertiary/aromatic N) is 3. The molecule has 0 radical (unpaired) electrons. The van der Waals surface area contributed by atoms with Gasteiger partial charge in [-0.15, -0.1) is 0 Å². The summed E-state index contributed by atoms with van der Waals surface area (Å²) in [6, 6.07) is 7.93. The highest BCUT2D eigenvalue weighted by atomic mass is 16.1. The molecule has 1 aliphatic rings. The summed E-state index contributed by atoms with van der Waals surface area (Å²) >= 11 is 0. The van der Waals surface area contributed by atoms with E-state index in [0.29, 0.717) is 0 Å². The lowest BCUT2D eigenvalue weighted by Crippen LogP contribution is -2.38. The zero-order valence-electron chi connectivity index (χ0n) is 13.3. The maximum Gasteiger partial charge on any atom is 0.227 e. The summed E-state index contributed by atoms with van der Waals surface area (Å²) in [6.07, 6.45) is 8.70. The Balaban J connectivity index is 1.37. The number of carbonyl (C=O) groups is 1. The zero-order chi connectivity index (χ0) is 16.4. The van der Waals surface area contributed by atoms with Crippen LogP contribution in [0.5, 0.6) is 0 Å². The van der Waals surface area contributed by atoms with Crippen molar-refractivity contribution in [3.05, 3.63) is 49.1 Å². The lowest BCUT2D eigenvalue weighted by molar-refractivity contribution is -0.120. The molecule has 6 heteroatoms. The van der Waals surface area contributed by atoms with Crippen molar-refractivity contribution in [2.45, 2.75) is 12.8 Å². The largest absolute Gasteiger partial charge is 0.361 e. The Kier molecular flexibility index (Phi) is 3.86. The van der Waals surface area contributed by atoms with Crippen molar-refractivity contribution in [2.24, 2.45) is 5.92 Å². The molecule has 24 heavy (non-hydrogen) atoms. The summed E-state index contributed by atoms with van der Waals surface area (Å²) in [6.45, 7) is 1.65. The normalized spacial score (nSPS) is 15.6. The third-order valence-corrected chi connectivity index (χ3v) is 4.56. The van der Waals surface area contributed by atoms with Gasteiger partial charge in [0.25, 0.3) is 0 Å². The molecule has 0 atom stereocenters. The summed E-state index contributed by atoms with van der Waals surface area (Å²) < 4.78 is 0. The van der Waals surface area contributed by atoms with Crippen LogP contribution >= 0.6 is 0 Å². The lowest BCUT2D eigenvalue weighted by Gasteiger charge is -2.31. The Morgan fingerprint density at radius 2 is 2.08 bits per heavy atom. The molecule has 122 valence electrons. The van der Waals surface area contributed by atoms with E-state index in [0.717, 1.165) is 48.3 Å².